The van der Waals surface area contributed by atoms with Gasteiger partial charge in [0.15, 0.2) is 15.9 Å². The van der Waals surface area contributed by atoms with Crippen LogP contribution in [0.2, 0.25) is 0 Å². The van der Waals surface area contributed by atoms with Crippen molar-refractivity contribution in [2.75, 3.05) is 18.2 Å². The van der Waals surface area contributed by atoms with E-state index in [1.54, 1.807) is 6.92 Å². The number of benzene rings is 1. The number of nitrogens with zero attached hydrogens (tertiary/aromatic N) is 4. The van der Waals surface area contributed by atoms with Gasteiger partial charge in [-0.05, 0) is 50.5 Å². The first kappa shape index (κ1) is 21.3. The molecular weight excluding hydrogens is 434 g/mol. The smallest absolute Gasteiger partial charge is 0.350 e. The number of nitrogens with one attached hydrogen (secondary N) is 1. The van der Waals surface area contributed by atoms with Gasteiger partial charge in [-0.15, -0.1) is 10.2 Å². The van der Waals surface area contributed by atoms with Crippen molar-refractivity contribution < 1.29 is 14.3 Å². The molecule has 0 saturated carbocycles. The molecule has 0 spiro atoms. The normalized spacial score (nSPS) is 11.3. The first-order valence-electron chi connectivity index (χ1n) is 9.53. The van der Waals surface area contributed by atoms with E-state index in [-0.39, 0.29) is 11.7 Å². The molecule has 1 N–H and O–H groups in total. The molecule has 1 amide bonds. The SMILES string of the molecule is COC(=O)c1sc(NC(=O)CSc2nnc3c(C)cc4c(C)ccc(C)c4n23)nc1C. The summed E-state index contributed by atoms with van der Waals surface area (Å²) in [5.74, 6) is -0.572. The third-order valence-electron chi connectivity index (χ3n) is 4.95. The van der Waals surface area contributed by atoms with Crippen LogP contribution in [-0.2, 0) is 9.53 Å². The van der Waals surface area contributed by atoms with E-state index in [0.29, 0.717) is 20.9 Å². The number of thioether (sulfide) groups is 1. The van der Waals surface area contributed by atoms with Crippen molar-refractivity contribution in [2.24, 2.45) is 0 Å². The van der Waals surface area contributed by atoms with E-state index < -0.39 is 5.97 Å². The summed E-state index contributed by atoms with van der Waals surface area (Å²) >= 11 is 2.40. The number of thiazole rings is 1. The second-order valence-electron chi connectivity index (χ2n) is 7.19. The predicted octanol–water partition coefficient (Wildman–Crippen LogP) is 4.09. The Morgan fingerprint density at radius 2 is 1.87 bits per heavy atom. The van der Waals surface area contributed by atoms with Crippen LogP contribution in [0, 0.1) is 27.7 Å². The molecule has 0 aliphatic carbocycles. The highest BCUT2D eigenvalue weighted by atomic mass is 32.2. The summed E-state index contributed by atoms with van der Waals surface area (Å²) in [6.07, 6.45) is 0. The lowest BCUT2D eigenvalue weighted by Gasteiger charge is -2.11. The zero-order valence-corrected chi connectivity index (χ0v) is 19.4. The molecule has 0 bridgehead atoms. The Labute approximate surface area is 187 Å². The lowest BCUT2D eigenvalue weighted by molar-refractivity contribution is -0.113. The fourth-order valence-electron chi connectivity index (χ4n) is 3.42. The largest absolute Gasteiger partial charge is 0.465 e. The van der Waals surface area contributed by atoms with Gasteiger partial charge in [0, 0.05) is 5.39 Å². The van der Waals surface area contributed by atoms with E-state index in [4.69, 9.17) is 4.74 Å². The van der Waals surface area contributed by atoms with Gasteiger partial charge in [-0.2, -0.15) is 0 Å². The Kier molecular flexibility index (Phi) is 5.67. The molecule has 0 aliphatic heterocycles. The highest BCUT2D eigenvalue weighted by Crippen LogP contribution is 2.30. The predicted molar refractivity (Wildman–Crippen MR) is 122 cm³/mol. The fourth-order valence-corrected chi connectivity index (χ4v) is 5.05. The van der Waals surface area contributed by atoms with Crippen LogP contribution in [0.3, 0.4) is 0 Å². The topological polar surface area (TPSA) is 98.5 Å². The molecule has 0 fully saturated rings. The summed E-state index contributed by atoms with van der Waals surface area (Å²) in [6.45, 7) is 7.85. The molecule has 160 valence electrons. The van der Waals surface area contributed by atoms with Crippen LogP contribution >= 0.6 is 23.1 Å². The minimum atomic E-state index is -0.465. The van der Waals surface area contributed by atoms with Gasteiger partial charge in [-0.3, -0.25) is 9.20 Å². The summed E-state index contributed by atoms with van der Waals surface area (Å²) in [5.41, 5.74) is 5.67. The molecule has 4 aromatic rings. The van der Waals surface area contributed by atoms with Gasteiger partial charge in [-0.1, -0.05) is 35.2 Å². The third-order valence-corrected chi connectivity index (χ3v) is 6.94. The number of pyridine rings is 1. The summed E-state index contributed by atoms with van der Waals surface area (Å²) in [7, 11) is 1.31. The van der Waals surface area contributed by atoms with Crippen molar-refractivity contribution in [3.05, 3.63) is 45.5 Å². The van der Waals surface area contributed by atoms with Gasteiger partial charge in [0.1, 0.15) is 4.88 Å². The second-order valence-corrected chi connectivity index (χ2v) is 9.13. The van der Waals surface area contributed by atoms with Crippen LogP contribution in [0.5, 0.6) is 0 Å². The standard InChI is InChI=1S/C21H21N5O3S2/c1-10-6-7-11(2)16-14(10)8-12(3)18-24-25-21(26(16)18)30-9-15(27)23-20-22-13(4)17(31-20)19(28)29-5/h6-8H,9H2,1-5H3,(H,22,23,27). The van der Waals surface area contributed by atoms with E-state index in [9.17, 15) is 9.59 Å². The van der Waals surface area contributed by atoms with Crippen molar-refractivity contribution in [1.29, 1.82) is 0 Å². The van der Waals surface area contributed by atoms with Crippen LogP contribution in [0.1, 0.15) is 32.1 Å². The number of carbonyl (C=O) groups is 2. The van der Waals surface area contributed by atoms with Crippen LogP contribution in [0.4, 0.5) is 5.13 Å². The quantitative estimate of drug-likeness (QED) is 0.357. The Balaban J connectivity index is 1.59. The molecular formula is C21H21N5O3S2. The lowest BCUT2D eigenvalue weighted by atomic mass is 10.0. The number of hydrogen-bond donors (Lipinski definition) is 1. The third kappa shape index (κ3) is 3.88. The summed E-state index contributed by atoms with van der Waals surface area (Å²) in [5, 5.41) is 13.6. The molecule has 4 rings (SSSR count). The van der Waals surface area contributed by atoms with E-state index in [1.807, 2.05) is 11.3 Å². The van der Waals surface area contributed by atoms with Crippen molar-refractivity contribution >= 4 is 56.7 Å². The average Bonchev–Trinajstić information content (AvgIpc) is 3.32. The van der Waals surface area contributed by atoms with Crippen molar-refractivity contribution in [2.45, 2.75) is 32.9 Å². The minimum absolute atomic E-state index is 0.132. The van der Waals surface area contributed by atoms with Crippen LogP contribution < -0.4 is 5.32 Å². The minimum Gasteiger partial charge on any atom is -0.465 e. The van der Waals surface area contributed by atoms with Gasteiger partial charge >= 0.3 is 5.97 Å². The van der Waals surface area contributed by atoms with E-state index in [1.165, 1.54) is 24.4 Å². The average molecular weight is 456 g/mol. The Hall–Kier alpha value is -2.98. The van der Waals surface area contributed by atoms with Gasteiger partial charge in [-0.25, -0.2) is 9.78 Å². The molecule has 31 heavy (non-hydrogen) atoms. The van der Waals surface area contributed by atoms with Gasteiger partial charge in [0.05, 0.1) is 24.1 Å². The number of esters is 1. The molecule has 8 nitrogen and oxygen atoms in total. The van der Waals surface area contributed by atoms with Crippen LogP contribution in [-0.4, -0.2) is 44.3 Å². The maximum atomic E-state index is 12.5. The molecule has 0 aliphatic rings. The van der Waals surface area contributed by atoms with Crippen LogP contribution in [0.25, 0.3) is 16.6 Å². The molecule has 3 heterocycles. The molecule has 0 unspecified atom stereocenters. The molecule has 3 aromatic heterocycles. The number of fused-ring (bicyclic) bond motifs is 3. The molecule has 1 aromatic carbocycles. The monoisotopic (exact) mass is 455 g/mol. The molecule has 0 radical (unpaired) electrons. The molecule has 0 atom stereocenters. The number of aromatic nitrogens is 4. The van der Waals surface area contributed by atoms with E-state index in [2.05, 4.69) is 52.5 Å². The van der Waals surface area contributed by atoms with E-state index >= 15 is 0 Å². The number of rotatable bonds is 5. The highest BCUT2D eigenvalue weighted by Gasteiger charge is 2.19. The lowest BCUT2D eigenvalue weighted by Crippen LogP contribution is -2.14. The van der Waals surface area contributed by atoms with Crippen LogP contribution in [0.15, 0.2) is 23.4 Å². The van der Waals surface area contributed by atoms with E-state index in [0.717, 1.165) is 39.0 Å². The number of hydrogen-bond acceptors (Lipinski definition) is 8. The number of aryl methyl sites for hydroxylation is 4. The van der Waals surface area contributed by atoms with Crippen molar-refractivity contribution in [3.63, 3.8) is 0 Å². The number of anilines is 1. The highest BCUT2D eigenvalue weighted by molar-refractivity contribution is 7.99. The first-order valence-corrected chi connectivity index (χ1v) is 11.3. The Morgan fingerprint density at radius 1 is 1.13 bits per heavy atom. The summed E-state index contributed by atoms with van der Waals surface area (Å²) < 4.78 is 6.75. The summed E-state index contributed by atoms with van der Waals surface area (Å²) in [4.78, 5) is 28.9. The van der Waals surface area contributed by atoms with Gasteiger partial charge in [0.2, 0.25) is 5.91 Å². The zero-order valence-electron chi connectivity index (χ0n) is 17.8. The van der Waals surface area contributed by atoms with Crippen molar-refractivity contribution in [3.8, 4) is 0 Å². The number of amides is 1. The number of carbonyl (C=O) groups excluding carboxylic acids is 2. The molecule has 10 heteroatoms. The second kappa shape index (κ2) is 8.27. The summed E-state index contributed by atoms with van der Waals surface area (Å²) in [6, 6.07) is 6.32. The Morgan fingerprint density at radius 3 is 2.61 bits per heavy atom. The maximum absolute atomic E-state index is 12.5. The Bertz CT molecular complexity index is 1340. The van der Waals surface area contributed by atoms with Gasteiger partial charge < -0.3 is 10.1 Å². The van der Waals surface area contributed by atoms with Crippen molar-refractivity contribution in [1.82, 2.24) is 19.6 Å². The zero-order chi connectivity index (χ0) is 22.3. The first-order chi connectivity index (χ1) is 14.8. The molecule has 0 saturated heterocycles. The number of ether oxygens (including phenoxy) is 1. The number of methoxy groups -OCH3 is 1. The maximum Gasteiger partial charge on any atom is 0.350 e. The van der Waals surface area contributed by atoms with Gasteiger partial charge in [0.25, 0.3) is 0 Å². The fraction of sp³-hybridized carbons (Fsp3) is 0.286.